The molecule has 0 saturated carbocycles. The maximum absolute atomic E-state index is 12.2. The molecule has 3 nitrogen and oxygen atoms in total. The zero-order valence-corrected chi connectivity index (χ0v) is 11.3. The molecule has 20 heavy (non-hydrogen) atoms. The highest BCUT2D eigenvalue weighted by Crippen LogP contribution is 2.18. The summed E-state index contributed by atoms with van der Waals surface area (Å²) in [5.74, 6) is 0.136. The van der Waals surface area contributed by atoms with Crippen LogP contribution in [0.1, 0.15) is 11.1 Å². The second kappa shape index (κ2) is 5.78. The van der Waals surface area contributed by atoms with Crippen LogP contribution in [0.15, 0.2) is 48.5 Å². The van der Waals surface area contributed by atoms with Gasteiger partial charge in [0.05, 0.1) is 6.54 Å². The molecule has 3 rings (SSSR count). The lowest BCUT2D eigenvalue weighted by Crippen LogP contribution is -2.39. The summed E-state index contributed by atoms with van der Waals surface area (Å²) < 4.78 is 0. The van der Waals surface area contributed by atoms with Crippen LogP contribution in [0.3, 0.4) is 0 Å². The van der Waals surface area contributed by atoms with Gasteiger partial charge in [-0.2, -0.15) is 0 Å². The van der Waals surface area contributed by atoms with Crippen molar-refractivity contribution in [2.24, 2.45) is 0 Å². The molecule has 1 heterocycles. The average Bonchev–Trinajstić information content (AvgIpc) is 2.53. The molecule has 2 aromatic rings. The van der Waals surface area contributed by atoms with Gasteiger partial charge >= 0.3 is 0 Å². The van der Waals surface area contributed by atoms with Gasteiger partial charge in [-0.3, -0.25) is 4.79 Å². The number of benzene rings is 2. The number of hydrogen-bond acceptors (Lipinski definition) is 2. The van der Waals surface area contributed by atoms with Crippen molar-refractivity contribution in [3.8, 4) is 0 Å². The van der Waals surface area contributed by atoms with E-state index in [1.807, 2.05) is 35.2 Å². The van der Waals surface area contributed by atoms with Gasteiger partial charge in [-0.15, -0.1) is 0 Å². The van der Waals surface area contributed by atoms with Crippen molar-refractivity contribution in [1.82, 2.24) is 4.90 Å². The number of para-hydroxylation sites is 1. The minimum atomic E-state index is 0.136. The molecule has 1 aliphatic rings. The largest absolute Gasteiger partial charge is 0.376 e. The van der Waals surface area contributed by atoms with Crippen molar-refractivity contribution >= 4 is 11.6 Å². The number of rotatable bonds is 3. The molecule has 0 atom stereocenters. The van der Waals surface area contributed by atoms with E-state index >= 15 is 0 Å². The maximum atomic E-state index is 12.2. The first-order chi connectivity index (χ1) is 9.83. The van der Waals surface area contributed by atoms with Crippen LogP contribution in [0.2, 0.25) is 0 Å². The van der Waals surface area contributed by atoms with Crippen LogP contribution in [-0.4, -0.2) is 23.9 Å². The van der Waals surface area contributed by atoms with Gasteiger partial charge in [-0.1, -0.05) is 42.5 Å². The Morgan fingerprint density at radius 1 is 1.15 bits per heavy atom. The fourth-order valence-electron chi connectivity index (χ4n) is 2.49. The molecule has 1 aliphatic heterocycles. The van der Waals surface area contributed by atoms with Crippen LogP contribution in [0.5, 0.6) is 0 Å². The van der Waals surface area contributed by atoms with Crippen molar-refractivity contribution in [3.05, 3.63) is 65.7 Å². The molecule has 3 heteroatoms. The minimum Gasteiger partial charge on any atom is -0.376 e. The van der Waals surface area contributed by atoms with Crippen LogP contribution in [-0.2, 0) is 17.8 Å². The highest BCUT2D eigenvalue weighted by atomic mass is 16.2. The van der Waals surface area contributed by atoms with E-state index < -0.39 is 0 Å². The molecule has 0 unspecified atom stereocenters. The van der Waals surface area contributed by atoms with Gasteiger partial charge in [0.25, 0.3) is 0 Å². The summed E-state index contributed by atoms with van der Waals surface area (Å²) in [5.41, 5.74) is 3.48. The summed E-state index contributed by atoms with van der Waals surface area (Å²) >= 11 is 0. The Hall–Kier alpha value is -2.29. The second-order valence-corrected chi connectivity index (χ2v) is 4.96. The monoisotopic (exact) mass is 265 g/mol. The normalized spacial score (nSPS) is 13.7. The van der Waals surface area contributed by atoms with Crippen LogP contribution in [0.25, 0.3) is 0 Å². The smallest absolute Gasteiger partial charge is 0.242 e. The lowest BCUT2D eigenvalue weighted by molar-refractivity contribution is -0.130. The van der Waals surface area contributed by atoms with Gasteiger partial charge in [-0.25, -0.2) is 0 Å². The van der Waals surface area contributed by atoms with Crippen molar-refractivity contribution in [2.45, 2.75) is 13.0 Å². The fraction of sp³-hybridized carbons (Fsp3) is 0.235. The summed E-state index contributed by atoms with van der Waals surface area (Å²) in [6.07, 6.45) is 0.944. The highest BCUT2D eigenvalue weighted by Gasteiger charge is 2.19. The predicted molar refractivity (Wildman–Crippen MR) is 79.3 cm³/mol. The third kappa shape index (κ3) is 2.82. The number of anilines is 1. The van der Waals surface area contributed by atoms with E-state index in [0.717, 1.165) is 25.2 Å². The summed E-state index contributed by atoms with van der Waals surface area (Å²) in [5, 5.41) is 3.12. The van der Waals surface area contributed by atoms with Crippen LogP contribution in [0, 0.1) is 6.07 Å². The molecule has 1 radical (unpaired) electrons. The minimum absolute atomic E-state index is 0.136. The van der Waals surface area contributed by atoms with E-state index in [9.17, 15) is 4.79 Å². The number of carbonyl (C=O) groups excluding carboxylic acids is 1. The van der Waals surface area contributed by atoms with Crippen LogP contribution < -0.4 is 5.32 Å². The molecular weight excluding hydrogens is 248 g/mol. The van der Waals surface area contributed by atoms with Gasteiger partial charge in [0.15, 0.2) is 0 Å². The Balaban J connectivity index is 1.59. The summed E-state index contributed by atoms with van der Waals surface area (Å²) in [6, 6.07) is 19.0. The van der Waals surface area contributed by atoms with Gasteiger partial charge in [0.2, 0.25) is 5.91 Å². The molecule has 0 spiro atoms. The first-order valence-electron chi connectivity index (χ1n) is 6.88. The zero-order chi connectivity index (χ0) is 13.8. The lowest BCUT2D eigenvalue weighted by Gasteiger charge is -2.29. The lowest BCUT2D eigenvalue weighted by atomic mass is 10.00. The van der Waals surface area contributed by atoms with E-state index in [0.29, 0.717) is 6.54 Å². The Morgan fingerprint density at radius 3 is 2.75 bits per heavy atom. The summed E-state index contributed by atoms with van der Waals surface area (Å²) in [6.45, 7) is 1.84. The predicted octanol–water partition coefficient (Wildman–Crippen LogP) is 2.48. The number of hydrogen-bond donors (Lipinski definition) is 1. The third-order valence-electron chi connectivity index (χ3n) is 3.62. The van der Waals surface area contributed by atoms with E-state index in [1.165, 1.54) is 11.1 Å². The molecule has 0 aromatic heterocycles. The third-order valence-corrected chi connectivity index (χ3v) is 3.62. The Morgan fingerprint density at radius 2 is 1.95 bits per heavy atom. The maximum Gasteiger partial charge on any atom is 0.242 e. The molecule has 101 valence electrons. The zero-order valence-electron chi connectivity index (χ0n) is 11.3. The van der Waals surface area contributed by atoms with E-state index in [-0.39, 0.29) is 5.91 Å². The Bertz CT molecular complexity index is 595. The fourth-order valence-corrected chi connectivity index (χ4v) is 2.49. The van der Waals surface area contributed by atoms with E-state index in [4.69, 9.17) is 0 Å². The quantitative estimate of drug-likeness (QED) is 0.924. The average molecular weight is 265 g/mol. The number of nitrogens with zero attached hydrogens (tertiary/aromatic N) is 1. The van der Waals surface area contributed by atoms with Crippen molar-refractivity contribution in [2.75, 3.05) is 18.4 Å². The molecule has 1 amide bonds. The number of amides is 1. The molecule has 1 N–H and O–H groups in total. The first-order valence-corrected chi connectivity index (χ1v) is 6.88. The Labute approximate surface area is 119 Å². The number of carbonyl (C=O) groups is 1. The highest BCUT2D eigenvalue weighted by molar-refractivity contribution is 5.81. The first kappa shape index (κ1) is 12.7. The number of nitrogens with one attached hydrogen (secondary N) is 1. The molecule has 0 bridgehead atoms. The molecule has 0 saturated heterocycles. The molecular formula is C17H17N2O. The van der Waals surface area contributed by atoms with Gasteiger partial charge in [-0.05, 0) is 23.6 Å². The summed E-state index contributed by atoms with van der Waals surface area (Å²) in [4.78, 5) is 14.1. The standard InChI is InChI=1S/C17H17N2O/c20-17(12-18-16-8-2-1-3-9-16)19-11-10-14-6-4-5-7-15(14)13-19/h1-8,18H,10-13H2. The van der Waals surface area contributed by atoms with Crippen LogP contribution in [0.4, 0.5) is 5.69 Å². The Kier molecular flexibility index (Phi) is 3.68. The van der Waals surface area contributed by atoms with E-state index in [2.05, 4.69) is 29.6 Å². The molecule has 0 fully saturated rings. The summed E-state index contributed by atoms with van der Waals surface area (Å²) in [7, 11) is 0. The van der Waals surface area contributed by atoms with Gasteiger partial charge < -0.3 is 10.2 Å². The van der Waals surface area contributed by atoms with Gasteiger partial charge in [0, 0.05) is 24.8 Å². The second-order valence-electron chi connectivity index (χ2n) is 4.96. The SMILES string of the molecule is O=C(CNc1[c]cccc1)N1CCc2ccccc2C1. The van der Waals surface area contributed by atoms with Gasteiger partial charge in [0.1, 0.15) is 0 Å². The van der Waals surface area contributed by atoms with Crippen LogP contribution >= 0.6 is 0 Å². The topological polar surface area (TPSA) is 32.3 Å². The van der Waals surface area contributed by atoms with Crippen molar-refractivity contribution in [1.29, 1.82) is 0 Å². The molecule has 0 aliphatic carbocycles. The van der Waals surface area contributed by atoms with E-state index in [1.54, 1.807) is 0 Å². The van der Waals surface area contributed by atoms with Crippen molar-refractivity contribution in [3.63, 3.8) is 0 Å². The number of fused-ring (bicyclic) bond motifs is 1. The molecule has 2 aromatic carbocycles. The van der Waals surface area contributed by atoms with Crippen molar-refractivity contribution < 1.29 is 4.79 Å².